The van der Waals surface area contributed by atoms with Gasteiger partial charge in [-0.05, 0) is 51.3 Å². The van der Waals surface area contributed by atoms with Gasteiger partial charge >= 0.3 is 0 Å². The summed E-state index contributed by atoms with van der Waals surface area (Å²) in [6.07, 6.45) is 3.29. The molecule has 0 fully saturated rings. The predicted octanol–water partition coefficient (Wildman–Crippen LogP) is 3.35. The van der Waals surface area contributed by atoms with Crippen LogP contribution >= 0.6 is 0 Å². The standard InChI is InChI=1S/C19H30N2O3/c1-14(2)24-18-10-8-9-17(13-18)15(3)21-19(23)11-6-5-7-12-20-16(4)22/h8-10,13-15H,5-7,11-12H2,1-4H3,(H,20,22)(H,21,23)/t15-/m0/s1. The lowest BCUT2D eigenvalue weighted by molar-refractivity contribution is -0.122. The summed E-state index contributed by atoms with van der Waals surface area (Å²) in [4.78, 5) is 22.8. The number of carbonyl (C=O) groups excluding carboxylic acids is 2. The smallest absolute Gasteiger partial charge is 0.220 e. The minimum absolute atomic E-state index is 0.00903. The number of hydrogen-bond donors (Lipinski definition) is 2. The number of carbonyl (C=O) groups is 2. The van der Waals surface area contributed by atoms with Crippen molar-refractivity contribution in [2.75, 3.05) is 6.54 Å². The van der Waals surface area contributed by atoms with Gasteiger partial charge in [-0.25, -0.2) is 0 Å². The van der Waals surface area contributed by atoms with E-state index in [1.165, 1.54) is 6.92 Å². The molecule has 5 nitrogen and oxygen atoms in total. The van der Waals surface area contributed by atoms with Crippen LogP contribution in [0.2, 0.25) is 0 Å². The highest BCUT2D eigenvalue weighted by Crippen LogP contribution is 2.20. The van der Waals surface area contributed by atoms with Crippen molar-refractivity contribution in [3.63, 3.8) is 0 Å². The fraction of sp³-hybridized carbons (Fsp3) is 0.579. The van der Waals surface area contributed by atoms with E-state index < -0.39 is 0 Å². The number of hydrogen-bond acceptors (Lipinski definition) is 3. The van der Waals surface area contributed by atoms with Crippen molar-refractivity contribution in [1.29, 1.82) is 0 Å². The van der Waals surface area contributed by atoms with Gasteiger partial charge in [0.1, 0.15) is 5.75 Å². The summed E-state index contributed by atoms with van der Waals surface area (Å²) >= 11 is 0. The molecule has 0 bridgehead atoms. The maximum absolute atomic E-state index is 12.0. The molecular formula is C19H30N2O3. The van der Waals surface area contributed by atoms with Crippen molar-refractivity contribution < 1.29 is 14.3 Å². The molecule has 1 rings (SSSR count). The van der Waals surface area contributed by atoms with Gasteiger partial charge in [-0.15, -0.1) is 0 Å². The van der Waals surface area contributed by atoms with Crippen molar-refractivity contribution in [3.8, 4) is 5.75 Å². The fourth-order valence-electron chi connectivity index (χ4n) is 2.38. The van der Waals surface area contributed by atoms with Crippen molar-refractivity contribution >= 4 is 11.8 Å². The number of ether oxygens (including phenoxy) is 1. The third-order valence-electron chi connectivity index (χ3n) is 3.56. The molecule has 134 valence electrons. The van der Waals surface area contributed by atoms with E-state index in [1.54, 1.807) is 0 Å². The Kier molecular flexibility index (Phi) is 8.90. The molecule has 0 saturated carbocycles. The maximum atomic E-state index is 12.0. The first-order valence-electron chi connectivity index (χ1n) is 8.69. The topological polar surface area (TPSA) is 67.4 Å². The Morgan fingerprint density at radius 1 is 1.12 bits per heavy atom. The van der Waals surface area contributed by atoms with Crippen LogP contribution in [-0.4, -0.2) is 24.5 Å². The van der Waals surface area contributed by atoms with E-state index >= 15 is 0 Å². The first kappa shape index (κ1) is 20.0. The molecule has 0 radical (unpaired) electrons. The first-order valence-corrected chi connectivity index (χ1v) is 8.69. The van der Waals surface area contributed by atoms with Gasteiger partial charge in [-0.2, -0.15) is 0 Å². The van der Waals surface area contributed by atoms with E-state index in [1.807, 2.05) is 45.0 Å². The highest BCUT2D eigenvalue weighted by Gasteiger charge is 2.10. The van der Waals surface area contributed by atoms with Gasteiger partial charge in [0.25, 0.3) is 0 Å². The highest BCUT2D eigenvalue weighted by molar-refractivity contribution is 5.76. The third-order valence-corrected chi connectivity index (χ3v) is 3.56. The minimum Gasteiger partial charge on any atom is -0.491 e. The Bertz CT molecular complexity index is 529. The van der Waals surface area contributed by atoms with E-state index in [0.717, 1.165) is 30.6 Å². The molecule has 1 aromatic carbocycles. The first-order chi connectivity index (χ1) is 11.4. The van der Waals surface area contributed by atoms with Gasteiger partial charge < -0.3 is 15.4 Å². The summed E-state index contributed by atoms with van der Waals surface area (Å²) in [6, 6.07) is 7.78. The van der Waals surface area contributed by atoms with Gasteiger partial charge in [0.05, 0.1) is 12.1 Å². The van der Waals surface area contributed by atoms with E-state index in [0.29, 0.717) is 13.0 Å². The molecule has 0 saturated heterocycles. The van der Waals surface area contributed by atoms with Crippen LogP contribution in [-0.2, 0) is 9.59 Å². The van der Waals surface area contributed by atoms with Crippen LogP contribution in [0.4, 0.5) is 0 Å². The lowest BCUT2D eigenvalue weighted by Crippen LogP contribution is -2.26. The van der Waals surface area contributed by atoms with Crippen LogP contribution < -0.4 is 15.4 Å². The number of nitrogens with one attached hydrogen (secondary N) is 2. The normalized spacial score (nSPS) is 11.9. The molecule has 0 unspecified atom stereocenters. The second-order valence-corrected chi connectivity index (χ2v) is 6.32. The average molecular weight is 334 g/mol. The summed E-state index contributed by atoms with van der Waals surface area (Å²) in [5, 5.41) is 5.78. The predicted molar refractivity (Wildman–Crippen MR) is 95.9 cm³/mol. The molecule has 0 aromatic heterocycles. The molecule has 0 aliphatic rings. The fourth-order valence-corrected chi connectivity index (χ4v) is 2.38. The minimum atomic E-state index is -0.0485. The summed E-state index contributed by atoms with van der Waals surface area (Å²) in [5.74, 6) is 0.865. The quantitative estimate of drug-likeness (QED) is 0.645. The lowest BCUT2D eigenvalue weighted by atomic mass is 10.1. The van der Waals surface area contributed by atoms with Gasteiger partial charge in [0, 0.05) is 19.9 Å². The van der Waals surface area contributed by atoms with Crippen molar-refractivity contribution in [2.24, 2.45) is 0 Å². The van der Waals surface area contributed by atoms with E-state index in [9.17, 15) is 9.59 Å². The molecule has 1 atom stereocenters. The van der Waals surface area contributed by atoms with Crippen molar-refractivity contribution in [1.82, 2.24) is 10.6 Å². The number of amides is 2. The highest BCUT2D eigenvalue weighted by atomic mass is 16.5. The maximum Gasteiger partial charge on any atom is 0.220 e. The molecule has 0 spiro atoms. The van der Waals surface area contributed by atoms with Gasteiger partial charge in [-0.1, -0.05) is 18.6 Å². The molecular weight excluding hydrogens is 304 g/mol. The monoisotopic (exact) mass is 334 g/mol. The summed E-state index contributed by atoms with van der Waals surface area (Å²) < 4.78 is 5.69. The average Bonchev–Trinajstić information content (AvgIpc) is 2.50. The zero-order valence-corrected chi connectivity index (χ0v) is 15.2. The summed E-state index contributed by atoms with van der Waals surface area (Å²) in [5.41, 5.74) is 1.03. The molecule has 0 aliphatic heterocycles. The summed E-state index contributed by atoms with van der Waals surface area (Å²) in [7, 11) is 0. The van der Waals surface area contributed by atoms with Crippen LogP contribution in [0, 0.1) is 0 Å². The van der Waals surface area contributed by atoms with Gasteiger partial charge in [0.2, 0.25) is 11.8 Å². The lowest BCUT2D eigenvalue weighted by Gasteiger charge is -2.16. The molecule has 5 heteroatoms. The Morgan fingerprint density at radius 2 is 1.88 bits per heavy atom. The molecule has 2 N–H and O–H groups in total. The Labute approximate surface area is 145 Å². The van der Waals surface area contributed by atoms with Gasteiger partial charge in [-0.3, -0.25) is 9.59 Å². The SMILES string of the molecule is CC(=O)NCCCCCC(=O)N[C@@H](C)c1cccc(OC(C)C)c1. The van der Waals surface area contributed by atoms with E-state index in [2.05, 4.69) is 10.6 Å². The zero-order chi connectivity index (χ0) is 17.9. The van der Waals surface area contributed by atoms with Crippen LogP contribution in [0.25, 0.3) is 0 Å². The molecule has 0 heterocycles. The third kappa shape index (κ3) is 8.56. The Balaban J connectivity index is 2.32. The number of rotatable bonds is 10. The molecule has 24 heavy (non-hydrogen) atoms. The second kappa shape index (κ2) is 10.7. The number of benzene rings is 1. The largest absolute Gasteiger partial charge is 0.491 e. The number of unbranched alkanes of at least 4 members (excludes halogenated alkanes) is 2. The van der Waals surface area contributed by atoms with E-state index in [4.69, 9.17) is 4.74 Å². The summed E-state index contributed by atoms with van der Waals surface area (Å²) in [6.45, 7) is 8.14. The molecule has 1 aromatic rings. The van der Waals surface area contributed by atoms with Crippen LogP contribution in [0.3, 0.4) is 0 Å². The van der Waals surface area contributed by atoms with Crippen LogP contribution in [0.5, 0.6) is 5.75 Å². The molecule has 2 amide bonds. The van der Waals surface area contributed by atoms with Crippen molar-refractivity contribution in [3.05, 3.63) is 29.8 Å². The van der Waals surface area contributed by atoms with Crippen LogP contribution in [0.15, 0.2) is 24.3 Å². The van der Waals surface area contributed by atoms with Gasteiger partial charge in [0.15, 0.2) is 0 Å². The second-order valence-electron chi connectivity index (χ2n) is 6.32. The zero-order valence-electron chi connectivity index (χ0n) is 15.2. The Morgan fingerprint density at radius 3 is 2.54 bits per heavy atom. The van der Waals surface area contributed by atoms with Crippen molar-refractivity contribution in [2.45, 2.75) is 65.5 Å². The Hall–Kier alpha value is -2.04. The van der Waals surface area contributed by atoms with Crippen LogP contribution in [0.1, 0.15) is 65.0 Å². The molecule has 0 aliphatic carbocycles. The van der Waals surface area contributed by atoms with E-state index in [-0.39, 0.29) is 24.0 Å².